The second kappa shape index (κ2) is 13.1. The van der Waals surface area contributed by atoms with Crippen LogP contribution in [0.3, 0.4) is 0 Å². The molecular weight excluding hydrogens is 280 g/mol. The van der Waals surface area contributed by atoms with E-state index in [2.05, 4.69) is 27.0 Å². The number of ether oxygens (including phenoxy) is 2. The van der Waals surface area contributed by atoms with E-state index < -0.39 is 0 Å². The predicted molar refractivity (Wildman–Crippen MR) is 88.3 cm³/mol. The van der Waals surface area contributed by atoms with Crippen molar-refractivity contribution in [3.05, 3.63) is 25.3 Å². The lowest BCUT2D eigenvalue weighted by atomic mass is 10.0. The zero-order valence-corrected chi connectivity index (χ0v) is 14.0. The number of rotatable bonds is 13. The van der Waals surface area contributed by atoms with Crippen LogP contribution in [-0.4, -0.2) is 25.2 Å². The second-order valence-electron chi connectivity index (χ2n) is 5.30. The van der Waals surface area contributed by atoms with Crippen LogP contribution in [0.2, 0.25) is 0 Å². The minimum Gasteiger partial charge on any atom is -0.462 e. The normalized spacial score (nSPS) is 13.0. The van der Waals surface area contributed by atoms with Gasteiger partial charge in [-0.3, -0.25) is 9.59 Å². The van der Waals surface area contributed by atoms with E-state index in [1.54, 1.807) is 12.2 Å². The van der Waals surface area contributed by atoms with Gasteiger partial charge in [0, 0.05) is 0 Å². The Morgan fingerprint density at radius 3 is 1.50 bits per heavy atom. The van der Waals surface area contributed by atoms with Crippen LogP contribution in [0, 0.1) is 11.8 Å². The molecule has 0 aliphatic carbocycles. The van der Waals surface area contributed by atoms with Crippen molar-refractivity contribution < 1.29 is 19.1 Å². The maximum absolute atomic E-state index is 11.8. The summed E-state index contributed by atoms with van der Waals surface area (Å²) < 4.78 is 10.2. The highest BCUT2D eigenvalue weighted by Crippen LogP contribution is 2.13. The Balaban J connectivity index is 3.99. The minimum atomic E-state index is -0.300. The summed E-state index contributed by atoms with van der Waals surface area (Å²) in [6.45, 7) is 11.6. The van der Waals surface area contributed by atoms with Crippen LogP contribution in [0.5, 0.6) is 0 Å². The van der Waals surface area contributed by atoms with Gasteiger partial charge >= 0.3 is 11.9 Å². The fourth-order valence-corrected chi connectivity index (χ4v) is 2.01. The Morgan fingerprint density at radius 2 is 1.23 bits per heavy atom. The van der Waals surface area contributed by atoms with Gasteiger partial charge in [0.05, 0.1) is 11.8 Å². The zero-order valence-electron chi connectivity index (χ0n) is 14.0. The highest BCUT2D eigenvalue weighted by atomic mass is 16.6. The van der Waals surface area contributed by atoms with Crippen LogP contribution >= 0.6 is 0 Å². The number of hydrogen-bond donors (Lipinski definition) is 0. The summed E-state index contributed by atoms with van der Waals surface area (Å²) in [6.07, 6.45) is 8.68. The van der Waals surface area contributed by atoms with E-state index in [4.69, 9.17) is 9.47 Å². The molecule has 0 N–H and O–H groups in total. The van der Waals surface area contributed by atoms with E-state index in [1.807, 2.05) is 0 Å². The number of carbonyl (C=O) groups is 2. The third kappa shape index (κ3) is 8.65. The van der Waals surface area contributed by atoms with Crippen LogP contribution in [0.25, 0.3) is 0 Å². The maximum Gasteiger partial charge on any atom is 0.312 e. The van der Waals surface area contributed by atoms with Crippen LogP contribution in [0.4, 0.5) is 0 Å². The van der Waals surface area contributed by atoms with Crippen molar-refractivity contribution >= 4 is 11.9 Å². The van der Waals surface area contributed by atoms with E-state index in [0.717, 1.165) is 38.5 Å². The van der Waals surface area contributed by atoms with Crippen molar-refractivity contribution in [1.29, 1.82) is 0 Å². The fourth-order valence-electron chi connectivity index (χ4n) is 2.01. The first kappa shape index (κ1) is 20.4. The van der Waals surface area contributed by atoms with E-state index in [-0.39, 0.29) is 37.0 Å². The summed E-state index contributed by atoms with van der Waals surface area (Å²) in [5.41, 5.74) is 0. The van der Waals surface area contributed by atoms with Crippen LogP contribution in [-0.2, 0) is 19.1 Å². The lowest BCUT2D eigenvalue weighted by Gasteiger charge is -2.14. The van der Waals surface area contributed by atoms with Gasteiger partial charge < -0.3 is 9.47 Å². The number of carbonyl (C=O) groups excluding carboxylic acids is 2. The Hall–Kier alpha value is -1.58. The molecule has 0 heterocycles. The van der Waals surface area contributed by atoms with Crippen molar-refractivity contribution in [2.24, 2.45) is 11.8 Å². The summed E-state index contributed by atoms with van der Waals surface area (Å²) >= 11 is 0. The molecule has 0 radical (unpaired) electrons. The van der Waals surface area contributed by atoms with Crippen LogP contribution in [0.15, 0.2) is 25.3 Å². The molecule has 4 nitrogen and oxygen atoms in total. The molecule has 4 heteroatoms. The maximum atomic E-state index is 11.8. The Morgan fingerprint density at radius 1 is 0.864 bits per heavy atom. The summed E-state index contributed by atoms with van der Waals surface area (Å²) in [7, 11) is 0. The van der Waals surface area contributed by atoms with Crippen molar-refractivity contribution in [3.8, 4) is 0 Å². The minimum absolute atomic E-state index is 0.0820. The van der Waals surface area contributed by atoms with Crippen molar-refractivity contribution in [1.82, 2.24) is 0 Å². The second-order valence-corrected chi connectivity index (χ2v) is 5.30. The first-order valence-corrected chi connectivity index (χ1v) is 8.19. The molecule has 0 aromatic heterocycles. The molecule has 0 aliphatic rings. The molecule has 0 rings (SSSR count). The average molecular weight is 310 g/mol. The Bertz CT molecular complexity index is 315. The first-order valence-electron chi connectivity index (χ1n) is 8.19. The molecule has 0 bridgehead atoms. The largest absolute Gasteiger partial charge is 0.462 e. The molecule has 0 amide bonds. The zero-order chi connectivity index (χ0) is 16.8. The first-order chi connectivity index (χ1) is 10.6. The van der Waals surface area contributed by atoms with E-state index >= 15 is 0 Å². The van der Waals surface area contributed by atoms with Gasteiger partial charge in [0.2, 0.25) is 0 Å². The van der Waals surface area contributed by atoms with Gasteiger partial charge in [-0.1, -0.05) is 51.7 Å². The van der Waals surface area contributed by atoms with Gasteiger partial charge in [0.25, 0.3) is 0 Å². The lowest BCUT2D eigenvalue weighted by Crippen LogP contribution is -2.21. The molecular formula is C18H30O4. The van der Waals surface area contributed by atoms with E-state index in [1.165, 1.54) is 0 Å². The van der Waals surface area contributed by atoms with E-state index in [0.29, 0.717) is 0 Å². The van der Waals surface area contributed by atoms with Crippen molar-refractivity contribution in [2.75, 3.05) is 13.2 Å². The molecule has 0 saturated heterocycles. The summed E-state index contributed by atoms with van der Waals surface area (Å²) in [6, 6.07) is 0. The average Bonchev–Trinajstić information content (AvgIpc) is 2.53. The fraction of sp³-hybridized carbons (Fsp3) is 0.667. The summed E-state index contributed by atoms with van der Waals surface area (Å²) in [5.74, 6) is -1.15. The molecule has 2 atom stereocenters. The molecule has 22 heavy (non-hydrogen) atoms. The topological polar surface area (TPSA) is 52.6 Å². The highest BCUT2D eigenvalue weighted by Gasteiger charge is 2.17. The smallest absolute Gasteiger partial charge is 0.312 e. The van der Waals surface area contributed by atoms with Gasteiger partial charge in [0.15, 0.2) is 0 Å². The van der Waals surface area contributed by atoms with Crippen molar-refractivity contribution in [3.63, 3.8) is 0 Å². The monoisotopic (exact) mass is 310 g/mol. The Kier molecular flexibility index (Phi) is 12.2. The molecule has 126 valence electrons. The van der Waals surface area contributed by atoms with Gasteiger partial charge in [-0.15, -0.1) is 13.2 Å². The van der Waals surface area contributed by atoms with Crippen LogP contribution in [0.1, 0.15) is 52.4 Å². The van der Waals surface area contributed by atoms with Gasteiger partial charge in [-0.2, -0.15) is 0 Å². The Labute approximate surface area is 134 Å². The SMILES string of the molecule is C=CC(CCCC)C(=O)OCCOC(=O)C(C=C)CCCC. The van der Waals surface area contributed by atoms with Gasteiger partial charge in [-0.25, -0.2) is 0 Å². The van der Waals surface area contributed by atoms with Gasteiger partial charge in [0.1, 0.15) is 13.2 Å². The molecule has 2 unspecified atom stereocenters. The molecule has 0 aromatic rings. The number of hydrogen-bond acceptors (Lipinski definition) is 4. The summed E-state index contributed by atoms with van der Waals surface area (Å²) in [4.78, 5) is 23.6. The summed E-state index contributed by atoms with van der Waals surface area (Å²) in [5, 5.41) is 0. The third-order valence-electron chi connectivity index (χ3n) is 3.48. The van der Waals surface area contributed by atoms with Crippen LogP contribution < -0.4 is 0 Å². The molecule has 0 spiro atoms. The third-order valence-corrected chi connectivity index (χ3v) is 3.48. The van der Waals surface area contributed by atoms with Gasteiger partial charge in [-0.05, 0) is 12.8 Å². The van der Waals surface area contributed by atoms with Crippen molar-refractivity contribution in [2.45, 2.75) is 52.4 Å². The highest BCUT2D eigenvalue weighted by molar-refractivity contribution is 5.75. The molecule has 0 aromatic carbocycles. The quantitative estimate of drug-likeness (QED) is 0.292. The number of esters is 2. The van der Waals surface area contributed by atoms with E-state index in [9.17, 15) is 9.59 Å². The molecule has 0 fully saturated rings. The lowest BCUT2D eigenvalue weighted by molar-refractivity contribution is -0.155. The molecule has 0 saturated carbocycles. The number of unbranched alkanes of at least 4 members (excludes halogenated alkanes) is 2. The predicted octanol–water partition coefficient (Wildman–Crippen LogP) is 4.06. The molecule has 0 aliphatic heterocycles. The standard InChI is InChI=1S/C18H30O4/c1-5-9-11-15(7-3)17(19)21-13-14-22-18(20)16(8-4)12-10-6-2/h7-8,15-16H,3-6,9-14H2,1-2H3.